The van der Waals surface area contributed by atoms with E-state index in [1.807, 2.05) is 6.92 Å². The van der Waals surface area contributed by atoms with Gasteiger partial charge in [-0.1, -0.05) is 13.0 Å². The Balaban J connectivity index is 2.29. The smallest absolute Gasteiger partial charge is 0.320 e. The first-order valence-electron chi connectivity index (χ1n) is 8.53. The topological polar surface area (TPSA) is 130 Å². The largest absolute Gasteiger partial charge is 0.368 e. The van der Waals surface area contributed by atoms with Crippen molar-refractivity contribution in [2.75, 3.05) is 26.0 Å². The van der Waals surface area contributed by atoms with Crippen LogP contribution in [0.1, 0.15) is 31.2 Å². The van der Waals surface area contributed by atoms with E-state index in [0.29, 0.717) is 24.3 Å². The molecule has 27 heavy (non-hydrogen) atoms. The van der Waals surface area contributed by atoms with Crippen molar-refractivity contribution in [1.29, 1.82) is 0 Å². The maximum atomic E-state index is 12.5. The van der Waals surface area contributed by atoms with Crippen LogP contribution >= 0.6 is 11.8 Å². The number of nitrogens with two attached hydrogens (primary N) is 1. The lowest BCUT2D eigenvalue weighted by Crippen LogP contribution is -2.51. The molecule has 0 fully saturated rings. The first-order chi connectivity index (χ1) is 12.7. The quantitative estimate of drug-likeness (QED) is 0.668. The minimum atomic E-state index is -1.18. The first-order valence-corrected chi connectivity index (χ1v) is 9.41. The van der Waals surface area contributed by atoms with Crippen molar-refractivity contribution in [3.63, 3.8) is 0 Å². The summed E-state index contributed by atoms with van der Waals surface area (Å²) in [6.07, 6.45) is 1.92. The number of nitrogens with zero attached hydrogens (tertiary/aromatic N) is 3. The van der Waals surface area contributed by atoms with E-state index in [0.717, 1.165) is 0 Å². The highest BCUT2D eigenvalue weighted by atomic mass is 32.2. The number of pyridine rings is 1. The van der Waals surface area contributed by atoms with Crippen molar-refractivity contribution < 1.29 is 14.4 Å². The Kier molecular flexibility index (Phi) is 6.42. The number of aromatic nitrogens is 1. The molecular formula is C17H24N6O3S. The summed E-state index contributed by atoms with van der Waals surface area (Å²) in [6, 6.07) is 3.05. The molecule has 0 bridgehead atoms. The molecule has 2 heterocycles. The van der Waals surface area contributed by atoms with Gasteiger partial charge in [0.05, 0.1) is 0 Å². The predicted octanol–water partition coefficient (Wildman–Crippen LogP) is 1.13. The Hall–Kier alpha value is -2.62. The van der Waals surface area contributed by atoms with Gasteiger partial charge in [0.2, 0.25) is 5.91 Å². The van der Waals surface area contributed by atoms with Gasteiger partial charge in [0.1, 0.15) is 21.7 Å². The number of carbonyl (C=O) groups excluding carboxylic acids is 3. The number of aliphatic imine (C=N–C) groups is 1. The predicted molar refractivity (Wildman–Crippen MR) is 106 cm³/mol. The molecule has 1 aliphatic heterocycles. The summed E-state index contributed by atoms with van der Waals surface area (Å²) in [5.41, 5.74) is 6.50. The van der Waals surface area contributed by atoms with Gasteiger partial charge in [-0.05, 0) is 19.4 Å². The second-order valence-electron chi connectivity index (χ2n) is 6.15. The molecule has 1 aromatic heterocycles. The lowest BCUT2D eigenvalue weighted by atomic mass is 9.97. The lowest BCUT2D eigenvalue weighted by molar-refractivity contribution is -0.124. The highest BCUT2D eigenvalue weighted by molar-refractivity contribution is 8.03. The van der Waals surface area contributed by atoms with Crippen LogP contribution in [0.3, 0.4) is 0 Å². The second-order valence-corrected chi connectivity index (χ2v) is 7.53. The number of nitrogens with one attached hydrogen (secondary N) is 2. The third kappa shape index (κ3) is 4.21. The summed E-state index contributed by atoms with van der Waals surface area (Å²) in [5, 5.41) is 4.74. The number of primary amides is 1. The van der Waals surface area contributed by atoms with Crippen LogP contribution in [0, 0.1) is 0 Å². The fourth-order valence-corrected chi connectivity index (χ4v) is 3.97. The summed E-state index contributed by atoms with van der Waals surface area (Å²) in [7, 11) is 3.21. The van der Waals surface area contributed by atoms with Gasteiger partial charge in [-0.2, -0.15) is 0 Å². The van der Waals surface area contributed by atoms with Crippen LogP contribution in [0.25, 0.3) is 0 Å². The van der Waals surface area contributed by atoms with Crippen molar-refractivity contribution in [3.05, 3.63) is 23.9 Å². The minimum absolute atomic E-state index is 0.155. The van der Waals surface area contributed by atoms with Crippen LogP contribution in [0.2, 0.25) is 0 Å². The maximum Gasteiger partial charge on any atom is 0.320 e. The molecule has 0 saturated heterocycles. The molecule has 0 aromatic carbocycles. The monoisotopic (exact) mass is 392 g/mol. The van der Waals surface area contributed by atoms with Gasteiger partial charge in [0.15, 0.2) is 0 Å². The van der Waals surface area contributed by atoms with Gasteiger partial charge >= 0.3 is 6.03 Å². The van der Waals surface area contributed by atoms with Crippen molar-refractivity contribution >= 4 is 41.1 Å². The molecule has 146 valence electrons. The third-order valence-electron chi connectivity index (χ3n) is 4.10. The third-order valence-corrected chi connectivity index (χ3v) is 5.78. The molecule has 1 aromatic rings. The highest BCUT2D eigenvalue weighted by Crippen LogP contribution is 2.48. The van der Waals surface area contributed by atoms with E-state index >= 15 is 0 Å². The van der Waals surface area contributed by atoms with Gasteiger partial charge in [0, 0.05) is 32.4 Å². The van der Waals surface area contributed by atoms with E-state index in [1.165, 1.54) is 16.7 Å². The molecule has 4 amide bonds. The van der Waals surface area contributed by atoms with Gasteiger partial charge < -0.3 is 16.0 Å². The second kappa shape index (κ2) is 8.38. The molecule has 1 aliphatic rings. The van der Waals surface area contributed by atoms with Crippen LogP contribution in [-0.4, -0.2) is 58.8 Å². The van der Waals surface area contributed by atoms with Gasteiger partial charge in [-0.25, -0.2) is 9.78 Å². The lowest BCUT2D eigenvalue weighted by Gasteiger charge is -2.26. The number of urea groups is 1. The molecule has 2 atom stereocenters. The van der Waals surface area contributed by atoms with Gasteiger partial charge in [-0.3, -0.25) is 19.9 Å². The summed E-state index contributed by atoms with van der Waals surface area (Å²) < 4.78 is -1.18. The van der Waals surface area contributed by atoms with Crippen LogP contribution in [0.5, 0.6) is 0 Å². The van der Waals surface area contributed by atoms with E-state index in [1.54, 1.807) is 39.3 Å². The SMILES string of the molecule is CCNC(=O)Nc1ccc(C2N=C(C(=O)N(C)C)C(CC)(C(N)=O)S2)cn1. The zero-order valence-electron chi connectivity index (χ0n) is 15.8. The number of carbonyl (C=O) groups is 3. The molecule has 0 spiro atoms. The normalized spacial score (nSPS) is 21.3. The summed E-state index contributed by atoms with van der Waals surface area (Å²) in [5.74, 6) is -0.542. The van der Waals surface area contributed by atoms with Gasteiger partial charge in [-0.15, -0.1) is 11.8 Å². The highest BCUT2D eigenvalue weighted by Gasteiger charge is 2.51. The van der Waals surface area contributed by atoms with Crippen molar-refractivity contribution in [2.45, 2.75) is 30.4 Å². The number of anilines is 1. The Labute approximate surface area is 162 Å². The number of amides is 4. The Morgan fingerprint density at radius 3 is 2.48 bits per heavy atom. The van der Waals surface area contributed by atoms with Crippen LogP contribution in [0.4, 0.5) is 10.6 Å². The molecule has 0 radical (unpaired) electrons. The molecule has 0 saturated carbocycles. The number of thioether (sulfide) groups is 1. The van der Waals surface area contributed by atoms with E-state index < -0.39 is 16.0 Å². The van der Waals surface area contributed by atoms with Crippen molar-refractivity contribution in [3.8, 4) is 0 Å². The molecule has 4 N–H and O–H groups in total. The standard InChI is InChI=1S/C17H24N6O3S/c1-5-17(15(18)25)12(14(24)23(3)4)22-13(27-17)10-7-8-11(20-9-10)21-16(26)19-6-2/h7-9,13H,5-6H2,1-4H3,(H2,18,25)(H2,19,20,21,26). The fraction of sp³-hybridized carbons (Fsp3) is 0.471. The summed E-state index contributed by atoms with van der Waals surface area (Å²) in [6.45, 7) is 4.12. The zero-order valence-corrected chi connectivity index (χ0v) is 16.6. The molecule has 0 aliphatic carbocycles. The molecule has 2 rings (SSSR count). The van der Waals surface area contributed by atoms with Crippen molar-refractivity contribution in [2.24, 2.45) is 10.7 Å². The van der Waals surface area contributed by atoms with Crippen molar-refractivity contribution in [1.82, 2.24) is 15.2 Å². The number of rotatable bonds is 6. The number of hydrogen-bond acceptors (Lipinski definition) is 6. The molecular weight excluding hydrogens is 368 g/mol. The van der Waals surface area contributed by atoms with E-state index in [4.69, 9.17) is 5.73 Å². The van der Waals surface area contributed by atoms with Crippen LogP contribution in [-0.2, 0) is 9.59 Å². The van der Waals surface area contributed by atoms with Crippen LogP contribution in [0.15, 0.2) is 23.3 Å². The van der Waals surface area contributed by atoms with Crippen LogP contribution < -0.4 is 16.4 Å². The summed E-state index contributed by atoms with van der Waals surface area (Å²) >= 11 is 1.24. The van der Waals surface area contributed by atoms with E-state index in [9.17, 15) is 14.4 Å². The average molecular weight is 392 g/mol. The molecule has 2 unspecified atom stereocenters. The molecule has 9 nitrogen and oxygen atoms in total. The van der Waals surface area contributed by atoms with E-state index in [-0.39, 0.29) is 17.6 Å². The molecule has 10 heteroatoms. The zero-order chi connectivity index (χ0) is 20.2. The first kappa shape index (κ1) is 20.7. The van der Waals surface area contributed by atoms with Gasteiger partial charge in [0.25, 0.3) is 5.91 Å². The Morgan fingerprint density at radius 2 is 2.00 bits per heavy atom. The Morgan fingerprint density at radius 1 is 1.30 bits per heavy atom. The fourth-order valence-electron chi connectivity index (χ4n) is 2.62. The Bertz CT molecular complexity index is 764. The maximum absolute atomic E-state index is 12.5. The minimum Gasteiger partial charge on any atom is -0.368 e. The summed E-state index contributed by atoms with van der Waals surface area (Å²) in [4.78, 5) is 46.4. The van der Waals surface area contributed by atoms with E-state index in [2.05, 4.69) is 20.6 Å². The average Bonchev–Trinajstić information content (AvgIpc) is 3.03. The number of hydrogen-bond donors (Lipinski definition) is 3.